The largest absolute Gasteiger partial charge is 0.377 e. The van der Waals surface area contributed by atoms with Crippen molar-refractivity contribution in [2.45, 2.75) is 12.1 Å². The van der Waals surface area contributed by atoms with Gasteiger partial charge < -0.3 is 5.11 Å². The normalized spacial score (nSPS) is 13.8. The molecule has 0 saturated heterocycles. The maximum absolute atomic E-state index is 11.2. The second-order valence-corrected chi connectivity index (χ2v) is 4.53. The average Bonchev–Trinajstić information content (AvgIpc) is 3.02. The van der Waals surface area contributed by atoms with Gasteiger partial charge in [-0.1, -0.05) is 36.4 Å². The van der Waals surface area contributed by atoms with Crippen molar-refractivity contribution in [1.82, 2.24) is 19.7 Å². The lowest BCUT2D eigenvalue weighted by Crippen LogP contribution is -2.34. The summed E-state index contributed by atoms with van der Waals surface area (Å²) < 4.78 is 1.60. The molecule has 5 nitrogen and oxygen atoms in total. The number of aromatic nitrogens is 4. The Balaban J connectivity index is 2.08. The highest BCUT2D eigenvalue weighted by molar-refractivity contribution is 5.31. The maximum Gasteiger partial charge on any atom is 0.151 e. The molecule has 0 amide bonds. The molecule has 2 heterocycles. The highest BCUT2D eigenvalue weighted by Crippen LogP contribution is 2.29. The SMILES string of the molecule is O[C@@](Cn1cncn1)(c1ccccc1)c1ccccn1. The van der Waals surface area contributed by atoms with E-state index in [9.17, 15) is 5.11 Å². The van der Waals surface area contributed by atoms with Crippen LogP contribution in [0.4, 0.5) is 0 Å². The Hall–Kier alpha value is -2.53. The lowest BCUT2D eigenvalue weighted by atomic mass is 9.90. The Labute approximate surface area is 116 Å². The van der Waals surface area contributed by atoms with Crippen molar-refractivity contribution >= 4 is 0 Å². The molecule has 1 atom stereocenters. The number of hydrogen-bond donors (Lipinski definition) is 1. The van der Waals surface area contributed by atoms with Gasteiger partial charge in [0, 0.05) is 6.20 Å². The lowest BCUT2D eigenvalue weighted by Gasteiger charge is -2.27. The van der Waals surface area contributed by atoms with E-state index in [4.69, 9.17) is 0 Å². The highest BCUT2D eigenvalue weighted by Gasteiger charge is 2.33. The molecule has 0 aliphatic rings. The van der Waals surface area contributed by atoms with Crippen LogP contribution in [0.15, 0.2) is 67.4 Å². The number of benzene rings is 1. The zero-order chi connectivity index (χ0) is 13.8. The smallest absolute Gasteiger partial charge is 0.151 e. The van der Waals surface area contributed by atoms with Crippen molar-refractivity contribution in [3.8, 4) is 0 Å². The average molecular weight is 266 g/mol. The van der Waals surface area contributed by atoms with Crippen LogP contribution in [-0.2, 0) is 12.1 Å². The lowest BCUT2D eigenvalue weighted by molar-refractivity contribution is 0.0528. The minimum atomic E-state index is -1.24. The molecule has 1 N–H and O–H groups in total. The fourth-order valence-electron chi connectivity index (χ4n) is 2.19. The number of nitrogens with zero attached hydrogens (tertiary/aromatic N) is 4. The molecule has 5 heteroatoms. The van der Waals surface area contributed by atoms with Crippen LogP contribution in [0.5, 0.6) is 0 Å². The molecule has 0 spiro atoms. The zero-order valence-electron chi connectivity index (χ0n) is 10.8. The van der Waals surface area contributed by atoms with Gasteiger partial charge in [-0.2, -0.15) is 5.10 Å². The van der Waals surface area contributed by atoms with E-state index in [0.717, 1.165) is 5.56 Å². The van der Waals surface area contributed by atoms with Crippen LogP contribution in [0.25, 0.3) is 0 Å². The van der Waals surface area contributed by atoms with Gasteiger partial charge in [-0.3, -0.25) is 4.98 Å². The summed E-state index contributed by atoms with van der Waals surface area (Å²) in [6, 6.07) is 15.0. The van der Waals surface area contributed by atoms with Crippen LogP contribution >= 0.6 is 0 Å². The molecule has 100 valence electrons. The van der Waals surface area contributed by atoms with Crippen LogP contribution in [0, 0.1) is 0 Å². The predicted molar refractivity (Wildman–Crippen MR) is 73.7 cm³/mol. The highest BCUT2D eigenvalue weighted by atomic mass is 16.3. The van der Waals surface area contributed by atoms with E-state index in [1.165, 1.54) is 6.33 Å². The molecule has 2 aromatic heterocycles. The molecule has 0 aliphatic heterocycles. The number of aliphatic hydroxyl groups is 1. The molecule has 20 heavy (non-hydrogen) atoms. The first kappa shape index (κ1) is 12.5. The number of rotatable bonds is 4. The van der Waals surface area contributed by atoms with Crippen LogP contribution in [-0.4, -0.2) is 24.9 Å². The Kier molecular flexibility index (Phi) is 3.26. The monoisotopic (exact) mass is 266 g/mol. The first-order valence-electron chi connectivity index (χ1n) is 6.31. The molecular formula is C15H14N4O. The van der Waals surface area contributed by atoms with Crippen LogP contribution < -0.4 is 0 Å². The second kappa shape index (κ2) is 5.22. The standard InChI is InChI=1S/C15H14N4O/c20-15(10-19-12-16-11-18-19,13-6-2-1-3-7-13)14-8-4-5-9-17-14/h1-9,11-12,20H,10H2/t15-/m0/s1. The molecule has 3 rings (SSSR count). The molecule has 0 aliphatic carbocycles. The third-order valence-electron chi connectivity index (χ3n) is 3.20. The van der Waals surface area contributed by atoms with Crippen molar-refractivity contribution < 1.29 is 5.11 Å². The summed E-state index contributed by atoms with van der Waals surface area (Å²) in [7, 11) is 0. The second-order valence-electron chi connectivity index (χ2n) is 4.53. The van der Waals surface area contributed by atoms with E-state index >= 15 is 0 Å². The Morgan fingerprint density at radius 2 is 1.85 bits per heavy atom. The molecule has 0 unspecified atom stereocenters. The molecule has 0 radical (unpaired) electrons. The van der Waals surface area contributed by atoms with Crippen molar-refractivity contribution in [2.24, 2.45) is 0 Å². The third-order valence-corrected chi connectivity index (χ3v) is 3.20. The number of pyridine rings is 1. The van der Waals surface area contributed by atoms with E-state index in [0.29, 0.717) is 5.69 Å². The third kappa shape index (κ3) is 2.31. The first-order chi connectivity index (χ1) is 9.79. The van der Waals surface area contributed by atoms with Crippen molar-refractivity contribution in [3.05, 3.63) is 78.6 Å². The molecule has 1 aromatic carbocycles. The summed E-state index contributed by atoms with van der Waals surface area (Å²) in [5, 5.41) is 15.2. The van der Waals surface area contributed by atoms with Gasteiger partial charge in [-0.05, 0) is 17.7 Å². The van der Waals surface area contributed by atoms with Crippen molar-refractivity contribution in [1.29, 1.82) is 0 Å². The molecule has 0 saturated carbocycles. The summed E-state index contributed by atoms with van der Waals surface area (Å²) in [4.78, 5) is 8.21. The van der Waals surface area contributed by atoms with Crippen LogP contribution in [0.2, 0.25) is 0 Å². The van der Waals surface area contributed by atoms with Gasteiger partial charge in [0.2, 0.25) is 0 Å². The fraction of sp³-hybridized carbons (Fsp3) is 0.133. The summed E-state index contributed by atoms with van der Waals surface area (Å²) in [6.07, 6.45) is 4.70. The number of hydrogen-bond acceptors (Lipinski definition) is 4. The Morgan fingerprint density at radius 1 is 1.05 bits per heavy atom. The van der Waals surface area contributed by atoms with Gasteiger partial charge in [0.1, 0.15) is 12.7 Å². The van der Waals surface area contributed by atoms with Gasteiger partial charge in [0.05, 0.1) is 12.2 Å². The van der Waals surface area contributed by atoms with Gasteiger partial charge in [-0.15, -0.1) is 0 Å². The van der Waals surface area contributed by atoms with Crippen LogP contribution in [0.3, 0.4) is 0 Å². The minimum Gasteiger partial charge on any atom is -0.377 e. The predicted octanol–water partition coefficient (Wildman–Crippen LogP) is 1.61. The van der Waals surface area contributed by atoms with E-state index < -0.39 is 5.60 Å². The Morgan fingerprint density at radius 3 is 2.50 bits per heavy atom. The van der Waals surface area contributed by atoms with Gasteiger partial charge in [-0.25, -0.2) is 9.67 Å². The summed E-state index contributed by atoms with van der Waals surface area (Å²) in [6.45, 7) is 0.258. The van der Waals surface area contributed by atoms with E-state index in [1.54, 1.807) is 17.2 Å². The zero-order valence-corrected chi connectivity index (χ0v) is 10.8. The van der Waals surface area contributed by atoms with Crippen molar-refractivity contribution in [3.63, 3.8) is 0 Å². The maximum atomic E-state index is 11.2. The van der Waals surface area contributed by atoms with Crippen molar-refractivity contribution in [2.75, 3.05) is 0 Å². The van der Waals surface area contributed by atoms with Gasteiger partial charge in [0.15, 0.2) is 5.60 Å². The van der Waals surface area contributed by atoms with E-state index in [-0.39, 0.29) is 6.54 Å². The van der Waals surface area contributed by atoms with E-state index in [2.05, 4.69) is 15.1 Å². The van der Waals surface area contributed by atoms with Gasteiger partial charge in [0.25, 0.3) is 0 Å². The quantitative estimate of drug-likeness (QED) is 0.779. The molecular weight excluding hydrogens is 252 g/mol. The van der Waals surface area contributed by atoms with Gasteiger partial charge >= 0.3 is 0 Å². The fourth-order valence-corrected chi connectivity index (χ4v) is 2.19. The minimum absolute atomic E-state index is 0.258. The summed E-state index contributed by atoms with van der Waals surface area (Å²) in [5.41, 5.74) is 0.117. The Bertz CT molecular complexity index is 613. The topological polar surface area (TPSA) is 63.8 Å². The molecule has 0 bridgehead atoms. The molecule has 3 aromatic rings. The summed E-state index contributed by atoms with van der Waals surface area (Å²) in [5.74, 6) is 0. The first-order valence-corrected chi connectivity index (χ1v) is 6.31. The summed E-state index contributed by atoms with van der Waals surface area (Å²) >= 11 is 0. The van der Waals surface area contributed by atoms with Crippen LogP contribution in [0.1, 0.15) is 11.3 Å². The van der Waals surface area contributed by atoms with E-state index in [1.807, 2.05) is 48.5 Å². The molecule has 0 fully saturated rings.